The van der Waals surface area contributed by atoms with E-state index in [4.69, 9.17) is 4.74 Å². The molecule has 1 aromatic heterocycles. The first-order valence-corrected chi connectivity index (χ1v) is 7.62. The van der Waals surface area contributed by atoms with Gasteiger partial charge in [0.1, 0.15) is 0 Å². The van der Waals surface area contributed by atoms with Gasteiger partial charge in [-0.2, -0.15) is 0 Å². The third-order valence-electron chi connectivity index (χ3n) is 3.05. The third kappa shape index (κ3) is 4.08. The lowest BCUT2D eigenvalue weighted by molar-refractivity contribution is 0.142. The van der Waals surface area contributed by atoms with Crippen LogP contribution in [0.5, 0.6) is 0 Å². The van der Waals surface area contributed by atoms with Crippen LogP contribution >= 0.6 is 15.9 Å². The molecule has 2 aromatic rings. The SMILES string of the molecule is CCOCCCn1ccnc1Nc1cc(Br)ccc1C. The summed E-state index contributed by atoms with van der Waals surface area (Å²) in [5, 5.41) is 3.38. The van der Waals surface area contributed by atoms with Crippen molar-refractivity contribution in [2.24, 2.45) is 0 Å². The average Bonchev–Trinajstić information content (AvgIpc) is 2.86. The van der Waals surface area contributed by atoms with Gasteiger partial charge in [0.2, 0.25) is 5.95 Å². The van der Waals surface area contributed by atoms with Gasteiger partial charge in [-0.05, 0) is 38.0 Å². The summed E-state index contributed by atoms with van der Waals surface area (Å²) in [5.74, 6) is 0.864. The van der Waals surface area contributed by atoms with Gasteiger partial charge < -0.3 is 14.6 Å². The van der Waals surface area contributed by atoms with Gasteiger partial charge in [0.05, 0.1) is 0 Å². The molecule has 0 bridgehead atoms. The molecule has 0 radical (unpaired) electrons. The quantitative estimate of drug-likeness (QED) is 0.772. The Hall–Kier alpha value is -1.33. The van der Waals surface area contributed by atoms with Crippen LogP contribution in [0.3, 0.4) is 0 Å². The van der Waals surface area contributed by atoms with Crippen LogP contribution in [0.4, 0.5) is 11.6 Å². The number of imidazole rings is 1. The molecule has 1 aromatic carbocycles. The van der Waals surface area contributed by atoms with Gasteiger partial charge >= 0.3 is 0 Å². The van der Waals surface area contributed by atoms with Gasteiger partial charge in [-0.1, -0.05) is 22.0 Å². The zero-order valence-corrected chi connectivity index (χ0v) is 13.5. The smallest absolute Gasteiger partial charge is 0.207 e. The van der Waals surface area contributed by atoms with E-state index in [1.54, 1.807) is 0 Å². The number of aryl methyl sites for hydroxylation is 2. The molecule has 0 unspecified atom stereocenters. The third-order valence-corrected chi connectivity index (χ3v) is 3.55. The van der Waals surface area contributed by atoms with Crippen LogP contribution in [0.25, 0.3) is 0 Å². The molecular weight excluding hydrogens is 318 g/mol. The number of hydrogen-bond acceptors (Lipinski definition) is 3. The second-order valence-corrected chi connectivity index (χ2v) is 5.49. The van der Waals surface area contributed by atoms with E-state index in [2.05, 4.69) is 49.9 Å². The Kier molecular flexibility index (Phi) is 5.61. The minimum Gasteiger partial charge on any atom is -0.382 e. The van der Waals surface area contributed by atoms with Crippen molar-refractivity contribution >= 4 is 27.6 Å². The summed E-state index contributed by atoms with van der Waals surface area (Å²) in [7, 11) is 0. The van der Waals surface area contributed by atoms with E-state index in [9.17, 15) is 0 Å². The summed E-state index contributed by atoms with van der Waals surface area (Å²) in [6, 6.07) is 6.18. The van der Waals surface area contributed by atoms with Gasteiger partial charge in [-0.25, -0.2) is 4.98 Å². The van der Waals surface area contributed by atoms with Crippen LogP contribution in [0.2, 0.25) is 0 Å². The molecule has 0 saturated carbocycles. The lowest BCUT2D eigenvalue weighted by Crippen LogP contribution is -2.06. The monoisotopic (exact) mass is 337 g/mol. The molecule has 0 amide bonds. The molecule has 0 aliphatic rings. The highest BCUT2D eigenvalue weighted by molar-refractivity contribution is 9.10. The van der Waals surface area contributed by atoms with Crippen molar-refractivity contribution in [3.05, 3.63) is 40.6 Å². The highest BCUT2D eigenvalue weighted by atomic mass is 79.9. The molecule has 108 valence electrons. The number of nitrogens with one attached hydrogen (secondary N) is 1. The van der Waals surface area contributed by atoms with Crippen molar-refractivity contribution in [1.82, 2.24) is 9.55 Å². The fourth-order valence-corrected chi connectivity index (χ4v) is 2.31. The zero-order valence-electron chi connectivity index (χ0n) is 11.9. The first-order chi connectivity index (χ1) is 9.70. The Bertz CT molecular complexity index is 554. The average molecular weight is 338 g/mol. The topological polar surface area (TPSA) is 39.1 Å². The number of halogens is 1. The Balaban J connectivity index is 2.02. The first-order valence-electron chi connectivity index (χ1n) is 6.82. The van der Waals surface area contributed by atoms with E-state index >= 15 is 0 Å². The normalized spacial score (nSPS) is 10.8. The first kappa shape index (κ1) is 15.1. The second kappa shape index (κ2) is 7.45. The molecule has 2 rings (SSSR count). The molecule has 0 fully saturated rings. The second-order valence-electron chi connectivity index (χ2n) is 4.58. The van der Waals surface area contributed by atoms with E-state index in [-0.39, 0.29) is 0 Å². The van der Waals surface area contributed by atoms with Crippen molar-refractivity contribution in [3.8, 4) is 0 Å². The molecule has 0 spiro atoms. The Morgan fingerprint density at radius 1 is 1.40 bits per heavy atom. The maximum absolute atomic E-state index is 5.36. The van der Waals surface area contributed by atoms with Crippen molar-refractivity contribution < 1.29 is 4.74 Å². The Morgan fingerprint density at radius 2 is 2.25 bits per heavy atom. The molecule has 1 heterocycles. The number of nitrogens with zero attached hydrogens (tertiary/aromatic N) is 2. The molecule has 0 aliphatic carbocycles. The predicted octanol–water partition coefficient (Wildman–Crippen LogP) is 4.12. The highest BCUT2D eigenvalue weighted by Gasteiger charge is 2.05. The fourth-order valence-electron chi connectivity index (χ4n) is 1.94. The molecule has 0 aliphatic heterocycles. The molecule has 0 atom stereocenters. The summed E-state index contributed by atoms with van der Waals surface area (Å²) < 4.78 is 8.53. The van der Waals surface area contributed by atoms with Crippen molar-refractivity contribution in [3.63, 3.8) is 0 Å². The zero-order chi connectivity index (χ0) is 14.4. The number of ether oxygens (including phenoxy) is 1. The number of aromatic nitrogens is 2. The summed E-state index contributed by atoms with van der Waals surface area (Å²) in [6.45, 7) is 6.54. The maximum atomic E-state index is 5.36. The summed E-state index contributed by atoms with van der Waals surface area (Å²) in [4.78, 5) is 4.38. The highest BCUT2D eigenvalue weighted by Crippen LogP contribution is 2.23. The molecule has 1 N–H and O–H groups in total. The van der Waals surface area contributed by atoms with Gasteiger partial charge in [-0.3, -0.25) is 0 Å². The largest absolute Gasteiger partial charge is 0.382 e. The maximum Gasteiger partial charge on any atom is 0.207 e. The molecule has 20 heavy (non-hydrogen) atoms. The van der Waals surface area contributed by atoms with Gasteiger partial charge in [0.25, 0.3) is 0 Å². The van der Waals surface area contributed by atoms with Crippen LogP contribution < -0.4 is 5.32 Å². The van der Waals surface area contributed by atoms with Crippen LogP contribution in [0.1, 0.15) is 18.9 Å². The van der Waals surface area contributed by atoms with E-state index in [0.717, 1.165) is 42.3 Å². The molecule has 5 heteroatoms. The lowest BCUT2D eigenvalue weighted by Gasteiger charge is -2.12. The van der Waals surface area contributed by atoms with Gasteiger partial charge in [0, 0.05) is 42.3 Å². The van der Waals surface area contributed by atoms with E-state index < -0.39 is 0 Å². The summed E-state index contributed by atoms with van der Waals surface area (Å²) in [5.41, 5.74) is 2.26. The summed E-state index contributed by atoms with van der Waals surface area (Å²) in [6.07, 6.45) is 4.79. The van der Waals surface area contributed by atoms with Gasteiger partial charge in [-0.15, -0.1) is 0 Å². The van der Waals surface area contributed by atoms with Crippen LogP contribution in [-0.2, 0) is 11.3 Å². The van der Waals surface area contributed by atoms with Crippen LogP contribution in [0, 0.1) is 6.92 Å². The van der Waals surface area contributed by atoms with E-state index in [0.29, 0.717) is 0 Å². The molecule has 0 saturated heterocycles. The van der Waals surface area contributed by atoms with Crippen molar-refractivity contribution in [2.45, 2.75) is 26.8 Å². The lowest BCUT2D eigenvalue weighted by atomic mass is 10.2. The standard InChI is InChI=1S/C15H20BrN3O/c1-3-20-10-4-8-19-9-7-17-15(19)18-14-11-13(16)6-5-12(14)2/h5-7,9,11H,3-4,8,10H2,1-2H3,(H,17,18). The minimum absolute atomic E-state index is 0.770. The number of hydrogen-bond donors (Lipinski definition) is 1. The number of anilines is 2. The van der Waals surface area contributed by atoms with Crippen LogP contribution in [0.15, 0.2) is 35.1 Å². The molecular formula is C15H20BrN3O. The minimum atomic E-state index is 0.770. The Morgan fingerprint density at radius 3 is 3.05 bits per heavy atom. The summed E-state index contributed by atoms with van der Waals surface area (Å²) >= 11 is 3.49. The van der Waals surface area contributed by atoms with E-state index in [1.807, 2.05) is 25.4 Å². The van der Waals surface area contributed by atoms with E-state index in [1.165, 1.54) is 5.56 Å². The Labute approximate surface area is 128 Å². The van der Waals surface area contributed by atoms with Crippen molar-refractivity contribution in [1.29, 1.82) is 0 Å². The van der Waals surface area contributed by atoms with Gasteiger partial charge in [0.15, 0.2) is 0 Å². The predicted molar refractivity (Wildman–Crippen MR) is 85.5 cm³/mol. The number of benzene rings is 1. The van der Waals surface area contributed by atoms with Crippen molar-refractivity contribution in [2.75, 3.05) is 18.5 Å². The molecule has 4 nitrogen and oxygen atoms in total. The fraction of sp³-hybridized carbons (Fsp3) is 0.400. The van der Waals surface area contributed by atoms with Crippen LogP contribution in [-0.4, -0.2) is 22.8 Å². The number of rotatable bonds is 7.